The van der Waals surface area contributed by atoms with Gasteiger partial charge >= 0.3 is 0 Å². The van der Waals surface area contributed by atoms with Gasteiger partial charge in [-0.05, 0) is 57.2 Å². The molecule has 1 N–H and O–H groups in total. The minimum Gasteiger partial charge on any atom is -0.598 e. The summed E-state index contributed by atoms with van der Waals surface area (Å²) in [6.45, 7) is 5.96. The second kappa shape index (κ2) is 5.41. The third-order valence-corrected chi connectivity index (χ3v) is 4.95. The lowest BCUT2D eigenvalue weighted by atomic mass is 10.0. The fraction of sp³-hybridized carbons (Fsp3) is 0.571. The second-order valence-corrected chi connectivity index (χ2v) is 8.30. The maximum atomic E-state index is 12.2. The smallest absolute Gasteiger partial charge is 0.136 e. The summed E-state index contributed by atoms with van der Waals surface area (Å²) in [5.41, 5.74) is 1.18. The van der Waals surface area contributed by atoms with Gasteiger partial charge in [-0.3, -0.25) is 0 Å². The summed E-state index contributed by atoms with van der Waals surface area (Å²) in [7, 11) is 0. The first kappa shape index (κ1) is 14.2. The van der Waals surface area contributed by atoms with E-state index in [1.165, 1.54) is 18.4 Å². The maximum absolute atomic E-state index is 12.2. The molecule has 0 aliphatic heterocycles. The van der Waals surface area contributed by atoms with Crippen LogP contribution in [0.1, 0.15) is 45.2 Å². The highest BCUT2D eigenvalue weighted by atomic mass is 35.5. The zero-order valence-corrected chi connectivity index (χ0v) is 12.6. The van der Waals surface area contributed by atoms with Crippen molar-refractivity contribution in [3.8, 4) is 0 Å². The number of benzene rings is 1. The van der Waals surface area contributed by atoms with Crippen molar-refractivity contribution >= 4 is 23.0 Å². The zero-order chi connectivity index (χ0) is 13.3. The monoisotopic (exact) mass is 285 g/mol. The third kappa shape index (κ3) is 3.64. The Hall–Kier alpha value is -0.220. The summed E-state index contributed by atoms with van der Waals surface area (Å²) in [6, 6.07) is 8.03. The molecule has 0 amide bonds. The van der Waals surface area contributed by atoms with Crippen LogP contribution in [0.15, 0.2) is 24.3 Å². The van der Waals surface area contributed by atoms with E-state index < -0.39 is 11.4 Å². The Morgan fingerprint density at radius 3 is 2.28 bits per heavy atom. The van der Waals surface area contributed by atoms with Gasteiger partial charge in [0, 0.05) is 16.4 Å². The first-order valence-electron chi connectivity index (χ1n) is 6.31. The van der Waals surface area contributed by atoms with E-state index in [2.05, 4.69) is 4.72 Å². The SMILES string of the molecule is CC(C)(C)[S+]([O-])N[C@@H](c1ccc(Cl)cc1)C1CC1. The zero-order valence-electron chi connectivity index (χ0n) is 11.1. The van der Waals surface area contributed by atoms with Crippen molar-refractivity contribution < 1.29 is 4.55 Å². The minimum atomic E-state index is -1.04. The molecule has 2 nitrogen and oxygen atoms in total. The molecule has 0 aromatic heterocycles. The highest BCUT2D eigenvalue weighted by Crippen LogP contribution is 2.42. The summed E-state index contributed by atoms with van der Waals surface area (Å²) >= 11 is 4.87. The van der Waals surface area contributed by atoms with Crippen LogP contribution in [0.25, 0.3) is 0 Å². The second-order valence-electron chi connectivity index (χ2n) is 5.87. The van der Waals surface area contributed by atoms with E-state index in [0.29, 0.717) is 5.92 Å². The van der Waals surface area contributed by atoms with Gasteiger partial charge in [-0.2, -0.15) is 0 Å². The van der Waals surface area contributed by atoms with Crippen molar-refractivity contribution in [2.24, 2.45) is 5.92 Å². The normalized spacial score (nSPS) is 19.6. The van der Waals surface area contributed by atoms with Gasteiger partial charge in [0.05, 0.1) is 6.04 Å². The van der Waals surface area contributed by atoms with Crippen molar-refractivity contribution in [2.75, 3.05) is 0 Å². The van der Waals surface area contributed by atoms with Crippen molar-refractivity contribution in [3.05, 3.63) is 34.9 Å². The Morgan fingerprint density at radius 2 is 1.83 bits per heavy atom. The first-order chi connectivity index (χ1) is 8.38. The van der Waals surface area contributed by atoms with Gasteiger partial charge in [0.1, 0.15) is 4.75 Å². The van der Waals surface area contributed by atoms with Gasteiger partial charge in [0.25, 0.3) is 0 Å². The van der Waals surface area contributed by atoms with Crippen LogP contribution in [0.2, 0.25) is 5.02 Å². The minimum absolute atomic E-state index is 0.183. The molecule has 1 aliphatic carbocycles. The van der Waals surface area contributed by atoms with Crippen LogP contribution in [0, 0.1) is 5.92 Å². The molecule has 0 radical (unpaired) electrons. The largest absolute Gasteiger partial charge is 0.598 e. The molecule has 0 bridgehead atoms. The molecule has 0 saturated heterocycles. The van der Waals surface area contributed by atoms with Gasteiger partial charge in [-0.15, -0.1) is 4.72 Å². The molecular formula is C14H20ClNOS. The average molecular weight is 286 g/mol. The third-order valence-electron chi connectivity index (χ3n) is 3.11. The quantitative estimate of drug-likeness (QED) is 0.853. The molecule has 100 valence electrons. The number of halogens is 1. The van der Waals surface area contributed by atoms with Gasteiger partial charge in [-0.1, -0.05) is 23.7 Å². The Labute approximate surface area is 117 Å². The maximum Gasteiger partial charge on any atom is 0.136 e. The highest BCUT2D eigenvalue weighted by molar-refractivity contribution is 7.90. The van der Waals surface area contributed by atoms with E-state index in [9.17, 15) is 4.55 Å². The topological polar surface area (TPSA) is 35.1 Å². The first-order valence-corrected chi connectivity index (χ1v) is 7.84. The number of hydrogen-bond donors (Lipinski definition) is 1. The lowest BCUT2D eigenvalue weighted by Crippen LogP contribution is -2.41. The lowest BCUT2D eigenvalue weighted by molar-refractivity contribution is 0.503. The summed E-state index contributed by atoms with van der Waals surface area (Å²) in [6.07, 6.45) is 2.42. The summed E-state index contributed by atoms with van der Waals surface area (Å²) in [5, 5.41) is 0.741. The summed E-state index contributed by atoms with van der Waals surface area (Å²) in [4.78, 5) is 0. The molecule has 2 atom stereocenters. The highest BCUT2D eigenvalue weighted by Gasteiger charge is 2.38. The van der Waals surface area contributed by atoms with Gasteiger partial charge in [0.2, 0.25) is 0 Å². The van der Waals surface area contributed by atoms with Gasteiger partial charge in [0.15, 0.2) is 0 Å². The predicted octanol–water partition coefficient (Wildman–Crippen LogP) is 3.84. The van der Waals surface area contributed by atoms with Crippen molar-refractivity contribution in [2.45, 2.75) is 44.4 Å². The molecule has 18 heavy (non-hydrogen) atoms. The van der Waals surface area contributed by atoms with Crippen molar-refractivity contribution in [1.82, 2.24) is 4.72 Å². The predicted molar refractivity (Wildman–Crippen MR) is 77.9 cm³/mol. The lowest BCUT2D eigenvalue weighted by Gasteiger charge is -2.28. The van der Waals surface area contributed by atoms with E-state index in [1.54, 1.807) is 0 Å². The summed E-state index contributed by atoms with van der Waals surface area (Å²) < 4.78 is 15.3. The molecular weight excluding hydrogens is 266 g/mol. The van der Waals surface area contributed by atoms with Crippen molar-refractivity contribution in [3.63, 3.8) is 0 Å². The van der Waals surface area contributed by atoms with E-state index >= 15 is 0 Å². The number of rotatable bonds is 4. The fourth-order valence-corrected chi connectivity index (χ4v) is 2.87. The Balaban J connectivity index is 2.11. The Bertz CT molecular complexity index is 397. The Kier molecular flexibility index (Phi) is 4.27. The molecule has 1 fully saturated rings. The van der Waals surface area contributed by atoms with E-state index in [-0.39, 0.29) is 10.8 Å². The molecule has 0 heterocycles. The van der Waals surface area contributed by atoms with Crippen LogP contribution >= 0.6 is 11.6 Å². The molecule has 1 aromatic carbocycles. The fourth-order valence-electron chi connectivity index (χ4n) is 1.83. The van der Waals surface area contributed by atoms with Crippen LogP contribution in [0.4, 0.5) is 0 Å². The van der Waals surface area contributed by atoms with Crippen LogP contribution in [0.3, 0.4) is 0 Å². The summed E-state index contributed by atoms with van der Waals surface area (Å²) in [5.74, 6) is 0.609. The van der Waals surface area contributed by atoms with Crippen LogP contribution in [0.5, 0.6) is 0 Å². The van der Waals surface area contributed by atoms with Crippen LogP contribution in [-0.4, -0.2) is 9.30 Å². The molecule has 1 aliphatic rings. The number of hydrogen-bond acceptors (Lipinski definition) is 2. The molecule has 1 saturated carbocycles. The average Bonchev–Trinajstić information content (AvgIpc) is 3.09. The van der Waals surface area contributed by atoms with Crippen molar-refractivity contribution in [1.29, 1.82) is 0 Å². The standard InChI is InChI=1S/C14H20ClNOS/c1-14(2,3)18(17)16-13(10-4-5-10)11-6-8-12(15)9-7-11/h6-10,13,16H,4-5H2,1-3H3/t13-,18?/m1/s1. The number of nitrogens with one attached hydrogen (secondary N) is 1. The van der Waals surface area contributed by atoms with E-state index in [1.807, 2.05) is 45.0 Å². The molecule has 0 spiro atoms. The van der Waals surface area contributed by atoms with E-state index in [0.717, 1.165) is 5.02 Å². The van der Waals surface area contributed by atoms with Gasteiger partial charge < -0.3 is 4.55 Å². The molecule has 2 rings (SSSR count). The molecule has 1 unspecified atom stereocenters. The van der Waals surface area contributed by atoms with Crippen LogP contribution in [-0.2, 0) is 11.4 Å². The van der Waals surface area contributed by atoms with Gasteiger partial charge in [-0.25, -0.2) is 0 Å². The van der Waals surface area contributed by atoms with Crippen LogP contribution < -0.4 is 4.72 Å². The Morgan fingerprint density at radius 1 is 1.28 bits per heavy atom. The molecule has 1 aromatic rings. The molecule has 4 heteroatoms. The van der Waals surface area contributed by atoms with E-state index in [4.69, 9.17) is 11.6 Å².